The van der Waals surface area contributed by atoms with Crippen LogP contribution in [0.25, 0.3) is 5.82 Å². The van der Waals surface area contributed by atoms with Crippen molar-refractivity contribution in [1.29, 1.82) is 0 Å². The second-order valence-corrected chi connectivity index (χ2v) is 7.24. The van der Waals surface area contributed by atoms with Crippen LogP contribution in [0.15, 0.2) is 43.0 Å². The van der Waals surface area contributed by atoms with Crippen molar-refractivity contribution in [3.05, 3.63) is 53.6 Å². The molecule has 1 aliphatic heterocycles. The van der Waals surface area contributed by atoms with Gasteiger partial charge in [-0.25, -0.2) is 9.67 Å². The maximum atomic E-state index is 12.6. The quantitative estimate of drug-likeness (QED) is 0.728. The Balaban J connectivity index is 1.35. The standard InChI is InChI=1S/C19H20ClN7O/c1-13-2-3-15(20)10-16(13)23-19(28)14-6-8-26(9-7-14)17-4-5-18(25-24-17)27-12-21-11-22-27/h2-5,10-12,14H,6-9H2,1H3,(H,23,28). The van der Waals surface area contributed by atoms with Crippen molar-refractivity contribution in [3.63, 3.8) is 0 Å². The van der Waals surface area contributed by atoms with E-state index in [2.05, 4.69) is 30.5 Å². The van der Waals surface area contributed by atoms with Crippen molar-refractivity contribution in [1.82, 2.24) is 25.0 Å². The number of aryl methyl sites for hydroxylation is 1. The van der Waals surface area contributed by atoms with Gasteiger partial charge in [0, 0.05) is 29.7 Å². The molecule has 0 bridgehead atoms. The van der Waals surface area contributed by atoms with Crippen LogP contribution in [-0.2, 0) is 4.79 Å². The van der Waals surface area contributed by atoms with E-state index in [4.69, 9.17) is 11.6 Å². The van der Waals surface area contributed by atoms with Gasteiger partial charge in [0.2, 0.25) is 5.91 Å². The van der Waals surface area contributed by atoms with Gasteiger partial charge < -0.3 is 10.2 Å². The van der Waals surface area contributed by atoms with Crippen molar-refractivity contribution in [3.8, 4) is 5.82 Å². The third kappa shape index (κ3) is 3.96. The fourth-order valence-electron chi connectivity index (χ4n) is 3.27. The minimum Gasteiger partial charge on any atom is -0.355 e. The zero-order valence-electron chi connectivity index (χ0n) is 15.4. The molecule has 1 fully saturated rings. The van der Waals surface area contributed by atoms with Crippen LogP contribution in [-0.4, -0.2) is 44.0 Å². The predicted molar refractivity (Wildman–Crippen MR) is 107 cm³/mol. The van der Waals surface area contributed by atoms with Crippen LogP contribution >= 0.6 is 11.6 Å². The molecule has 0 radical (unpaired) electrons. The van der Waals surface area contributed by atoms with Gasteiger partial charge in [0.1, 0.15) is 12.7 Å². The molecule has 1 saturated heterocycles. The van der Waals surface area contributed by atoms with Gasteiger partial charge in [0.05, 0.1) is 0 Å². The predicted octanol–water partition coefficient (Wildman–Crippen LogP) is 2.87. The van der Waals surface area contributed by atoms with Crippen LogP contribution in [0.5, 0.6) is 0 Å². The SMILES string of the molecule is Cc1ccc(Cl)cc1NC(=O)C1CCN(c2ccc(-n3cncn3)nn2)CC1. The van der Waals surface area contributed by atoms with Crippen LogP contribution in [0.1, 0.15) is 18.4 Å². The molecule has 3 heterocycles. The Morgan fingerprint density at radius 1 is 1.14 bits per heavy atom. The first-order chi connectivity index (χ1) is 13.6. The number of aromatic nitrogens is 5. The number of nitrogens with zero attached hydrogens (tertiary/aromatic N) is 6. The molecule has 1 amide bonds. The highest BCUT2D eigenvalue weighted by atomic mass is 35.5. The summed E-state index contributed by atoms with van der Waals surface area (Å²) in [5.74, 6) is 1.43. The van der Waals surface area contributed by atoms with Crippen molar-refractivity contribution < 1.29 is 4.79 Å². The summed E-state index contributed by atoms with van der Waals surface area (Å²) in [6.07, 6.45) is 4.56. The monoisotopic (exact) mass is 397 g/mol. The molecule has 3 aromatic rings. The number of piperidine rings is 1. The number of carbonyl (C=O) groups is 1. The summed E-state index contributed by atoms with van der Waals surface area (Å²) in [6.45, 7) is 3.46. The third-order valence-corrected chi connectivity index (χ3v) is 5.17. The van der Waals surface area contributed by atoms with Gasteiger partial charge in [0.25, 0.3) is 0 Å². The Morgan fingerprint density at radius 3 is 2.57 bits per heavy atom. The van der Waals surface area contributed by atoms with Crippen molar-refractivity contribution >= 4 is 29.0 Å². The van der Waals surface area contributed by atoms with Gasteiger partial charge >= 0.3 is 0 Å². The van der Waals surface area contributed by atoms with E-state index in [1.807, 2.05) is 31.2 Å². The number of carbonyl (C=O) groups excluding carboxylic acids is 1. The largest absolute Gasteiger partial charge is 0.355 e. The lowest BCUT2D eigenvalue weighted by molar-refractivity contribution is -0.120. The first-order valence-electron chi connectivity index (χ1n) is 9.11. The van der Waals surface area contributed by atoms with Crippen LogP contribution in [0.2, 0.25) is 5.02 Å². The average Bonchev–Trinajstić information content (AvgIpc) is 3.26. The van der Waals surface area contributed by atoms with Gasteiger partial charge in [-0.05, 0) is 49.6 Å². The molecule has 1 aliphatic rings. The molecule has 28 heavy (non-hydrogen) atoms. The molecule has 0 unspecified atom stereocenters. The zero-order valence-corrected chi connectivity index (χ0v) is 16.2. The number of benzene rings is 1. The summed E-state index contributed by atoms with van der Waals surface area (Å²) in [5.41, 5.74) is 1.77. The lowest BCUT2D eigenvalue weighted by atomic mass is 9.95. The zero-order chi connectivity index (χ0) is 19.5. The van der Waals surface area contributed by atoms with Crippen LogP contribution in [0.4, 0.5) is 11.5 Å². The molecule has 1 aromatic carbocycles. The summed E-state index contributed by atoms with van der Waals surface area (Å²) in [5, 5.41) is 16.2. The number of hydrogen-bond acceptors (Lipinski definition) is 6. The summed E-state index contributed by atoms with van der Waals surface area (Å²) < 4.78 is 1.56. The second-order valence-electron chi connectivity index (χ2n) is 6.80. The highest BCUT2D eigenvalue weighted by molar-refractivity contribution is 6.31. The fraction of sp³-hybridized carbons (Fsp3) is 0.316. The fourth-order valence-corrected chi connectivity index (χ4v) is 3.44. The molecule has 144 valence electrons. The smallest absolute Gasteiger partial charge is 0.227 e. The first kappa shape index (κ1) is 18.4. The van der Waals surface area contributed by atoms with E-state index < -0.39 is 0 Å². The van der Waals surface area contributed by atoms with E-state index in [9.17, 15) is 4.79 Å². The number of amides is 1. The third-order valence-electron chi connectivity index (χ3n) is 4.94. The highest BCUT2D eigenvalue weighted by Gasteiger charge is 2.26. The van der Waals surface area contributed by atoms with E-state index >= 15 is 0 Å². The molecular formula is C19H20ClN7O. The number of anilines is 2. The molecule has 4 rings (SSSR count). The second kappa shape index (κ2) is 7.93. The summed E-state index contributed by atoms with van der Waals surface area (Å²) >= 11 is 6.04. The molecular weight excluding hydrogens is 378 g/mol. The van der Waals surface area contributed by atoms with Crippen LogP contribution in [0, 0.1) is 12.8 Å². The van der Waals surface area contributed by atoms with E-state index in [-0.39, 0.29) is 11.8 Å². The number of halogens is 1. The Kier molecular flexibility index (Phi) is 5.21. The van der Waals surface area contributed by atoms with Crippen LogP contribution in [0.3, 0.4) is 0 Å². The van der Waals surface area contributed by atoms with Crippen molar-refractivity contribution in [2.75, 3.05) is 23.3 Å². The van der Waals surface area contributed by atoms with E-state index in [1.54, 1.807) is 17.1 Å². The Morgan fingerprint density at radius 2 is 1.89 bits per heavy atom. The lowest BCUT2D eigenvalue weighted by Gasteiger charge is -2.31. The minimum absolute atomic E-state index is 0.0305. The summed E-state index contributed by atoms with van der Waals surface area (Å²) in [6, 6.07) is 9.29. The average molecular weight is 398 g/mol. The van der Waals surface area contributed by atoms with E-state index in [0.29, 0.717) is 10.8 Å². The molecule has 8 nitrogen and oxygen atoms in total. The molecule has 0 atom stereocenters. The number of hydrogen-bond donors (Lipinski definition) is 1. The molecule has 2 aromatic heterocycles. The number of rotatable bonds is 4. The van der Waals surface area contributed by atoms with Crippen molar-refractivity contribution in [2.24, 2.45) is 5.92 Å². The first-order valence-corrected chi connectivity index (χ1v) is 9.48. The topological polar surface area (TPSA) is 88.8 Å². The summed E-state index contributed by atoms with van der Waals surface area (Å²) in [4.78, 5) is 18.7. The van der Waals surface area contributed by atoms with Gasteiger partial charge in [0.15, 0.2) is 11.6 Å². The lowest BCUT2D eigenvalue weighted by Crippen LogP contribution is -2.38. The number of nitrogens with one attached hydrogen (secondary N) is 1. The highest BCUT2D eigenvalue weighted by Crippen LogP contribution is 2.25. The van der Waals surface area contributed by atoms with Gasteiger partial charge in [-0.2, -0.15) is 5.10 Å². The Labute approximate surface area is 167 Å². The molecule has 0 aliphatic carbocycles. The van der Waals surface area contributed by atoms with Crippen molar-refractivity contribution in [2.45, 2.75) is 19.8 Å². The Bertz CT molecular complexity index is 951. The molecule has 1 N–H and O–H groups in total. The van der Waals surface area contributed by atoms with Crippen LogP contribution < -0.4 is 10.2 Å². The molecule has 9 heteroatoms. The molecule has 0 spiro atoms. The van der Waals surface area contributed by atoms with E-state index in [0.717, 1.165) is 43.0 Å². The van der Waals surface area contributed by atoms with Gasteiger partial charge in [-0.3, -0.25) is 4.79 Å². The van der Waals surface area contributed by atoms with Gasteiger partial charge in [-0.1, -0.05) is 17.7 Å². The maximum Gasteiger partial charge on any atom is 0.227 e. The molecule has 0 saturated carbocycles. The summed E-state index contributed by atoms with van der Waals surface area (Å²) in [7, 11) is 0. The Hall–Kier alpha value is -3.00. The normalized spacial score (nSPS) is 14.9. The van der Waals surface area contributed by atoms with Gasteiger partial charge in [-0.15, -0.1) is 10.2 Å². The maximum absolute atomic E-state index is 12.6. The van der Waals surface area contributed by atoms with E-state index in [1.165, 1.54) is 6.33 Å². The minimum atomic E-state index is -0.0305.